The van der Waals surface area contributed by atoms with Gasteiger partial charge in [-0.1, -0.05) is 40.9 Å². The first kappa shape index (κ1) is 14.6. The van der Waals surface area contributed by atoms with Crippen molar-refractivity contribution >= 4 is 34.8 Å². The molecule has 0 radical (unpaired) electrons. The molecule has 6 heteroatoms. The zero-order valence-electron chi connectivity index (χ0n) is 9.91. The molecule has 0 aliphatic heterocycles. The van der Waals surface area contributed by atoms with E-state index < -0.39 is 0 Å². The minimum absolute atomic E-state index is 0.0980. The van der Waals surface area contributed by atoms with Crippen molar-refractivity contribution in [1.29, 1.82) is 0 Å². The lowest BCUT2D eigenvalue weighted by Crippen LogP contribution is -2.29. The first-order chi connectivity index (χ1) is 9.10. The van der Waals surface area contributed by atoms with Crippen LogP contribution in [0.1, 0.15) is 17.2 Å². The number of halogens is 3. The number of nitrogens with two attached hydrogens (primary N) is 1. The molecule has 2 aromatic rings. The van der Waals surface area contributed by atoms with Crippen LogP contribution in [-0.4, -0.2) is 4.98 Å². The van der Waals surface area contributed by atoms with Crippen molar-refractivity contribution in [3.8, 4) is 0 Å². The van der Waals surface area contributed by atoms with Gasteiger partial charge < -0.3 is 0 Å². The largest absolute Gasteiger partial charge is 0.271 e. The maximum absolute atomic E-state index is 6.16. The van der Waals surface area contributed by atoms with Crippen LogP contribution in [-0.2, 0) is 6.42 Å². The molecule has 0 aliphatic rings. The molecule has 1 unspecified atom stereocenters. The van der Waals surface area contributed by atoms with E-state index in [4.69, 9.17) is 40.6 Å². The zero-order chi connectivity index (χ0) is 13.8. The van der Waals surface area contributed by atoms with Gasteiger partial charge >= 0.3 is 0 Å². The first-order valence-electron chi connectivity index (χ1n) is 5.61. The first-order valence-corrected chi connectivity index (χ1v) is 6.75. The van der Waals surface area contributed by atoms with Gasteiger partial charge in [0, 0.05) is 16.2 Å². The predicted octanol–water partition coefficient (Wildman–Crippen LogP) is 3.79. The van der Waals surface area contributed by atoms with Crippen LogP contribution in [0.4, 0.5) is 0 Å². The standard InChI is InChI=1S/C13H12Cl3N3/c14-10-2-1-8(11(15)7-10)5-12(19-17)9-3-4-18-13(16)6-9/h1-4,6-7,12,19H,5,17H2. The molecule has 3 N–H and O–H groups in total. The second kappa shape index (κ2) is 6.55. The molecule has 1 heterocycles. The minimum Gasteiger partial charge on any atom is -0.271 e. The minimum atomic E-state index is -0.0980. The van der Waals surface area contributed by atoms with Gasteiger partial charge in [-0.2, -0.15) is 0 Å². The highest BCUT2D eigenvalue weighted by molar-refractivity contribution is 6.35. The van der Waals surface area contributed by atoms with Gasteiger partial charge in [0.1, 0.15) is 5.15 Å². The molecule has 0 amide bonds. The van der Waals surface area contributed by atoms with E-state index in [1.165, 1.54) is 0 Å². The van der Waals surface area contributed by atoms with E-state index in [2.05, 4.69) is 10.4 Å². The van der Waals surface area contributed by atoms with Gasteiger partial charge in [0.05, 0.1) is 6.04 Å². The highest BCUT2D eigenvalue weighted by Gasteiger charge is 2.13. The molecule has 100 valence electrons. The predicted molar refractivity (Wildman–Crippen MR) is 79.5 cm³/mol. The molecule has 0 aliphatic carbocycles. The quantitative estimate of drug-likeness (QED) is 0.512. The Hall–Kier alpha value is -0.840. The lowest BCUT2D eigenvalue weighted by Gasteiger charge is -2.17. The molecule has 1 aromatic carbocycles. The van der Waals surface area contributed by atoms with Crippen molar-refractivity contribution in [1.82, 2.24) is 10.4 Å². The Morgan fingerprint density at radius 2 is 1.95 bits per heavy atom. The fourth-order valence-corrected chi connectivity index (χ4v) is 2.48. The second-order valence-electron chi connectivity index (χ2n) is 4.07. The third kappa shape index (κ3) is 3.81. The Kier molecular flexibility index (Phi) is 5.02. The van der Waals surface area contributed by atoms with Crippen LogP contribution in [0.3, 0.4) is 0 Å². The summed E-state index contributed by atoms with van der Waals surface area (Å²) in [4.78, 5) is 3.95. The number of rotatable bonds is 4. The highest BCUT2D eigenvalue weighted by atomic mass is 35.5. The summed E-state index contributed by atoms with van der Waals surface area (Å²) in [5.74, 6) is 5.60. The summed E-state index contributed by atoms with van der Waals surface area (Å²) in [7, 11) is 0. The molecule has 1 atom stereocenters. The van der Waals surface area contributed by atoms with Gasteiger partial charge in [0.2, 0.25) is 0 Å². The molecule has 19 heavy (non-hydrogen) atoms. The SMILES string of the molecule is NNC(Cc1ccc(Cl)cc1Cl)c1ccnc(Cl)c1. The Morgan fingerprint density at radius 1 is 1.16 bits per heavy atom. The Morgan fingerprint density at radius 3 is 2.58 bits per heavy atom. The number of hydrogen-bond acceptors (Lipinski definition) is 3. The number of nitrogens with one attached hydrogen (secondary N) is 1. The summed E-state index contributed by atoms with van der Waals surface area (Å²) in [6.45, 7) is 0. The zero-order valence-corrected chi connectivity index (χ0v) is 12.2. The molecule has 0 fully saturated rings. The highest BCUT2D eigenvalue weighted by Crippen LogP contribution is 2.26. The molecular formula is C13H12Cl3N3. The van der Waals surface area contributed by atoms with E-state index in [0.717, 1.165) is 11.1 Å². The third-order valence-corrected chi connectivity index (χ3v) is 3.59. The van der Waals surface area contributed by atoms with Crippen LogP contribution in [0.2, 0.25) is 15.2 Å². The van der Waals surface area contributed by atoms with Gasteiger partial charge in [0.15, 0.2) is 0 Å². The molecule has 0 saturated heterocycles. The topological polar surface area (TPSA) is 50.9 Å². The number of benzene rings is 1. The van der Waals surface area contributed by atoms with Crippen LogP contribution < -0.4 is 11.3 Å². The normalized spacial score (nSPS) is 12.4. The molecular weight excluding hydrogens is 305 g/mol. The number of pyridine rings is 1. The maximum Gasteiger partial charge on any atom is 0.129 e. The van der Waals surface area contributed by atoms with E-state index in [1.54, 1.807) is 24.4 Å². The molecule has 0 saturated carbocycles. The lowest BCUT2D eigenvalue weighted by molar-refractivity contribution is 0.551. The Bertz CT molecular complexity index is 575. The molecule has 1 aromatic heterocycles. The average Bonchev–Trinajstić information content (AvgIpc) is 2.38. The fourth-order valence-electron chi connectivity index (χ4n) is 1.81. The fraction of sp³-hybridized carbons (Fsp3) is 0.154. The summed E-state index contributed by atoms with van der Waals surface area (Å²) in [6, 6.07) is 8.94. The van der Waals surface area contributed by atoms with E-state index in [1.807, 2.05) is 12.1 Å². The monoisotopic (exact) mass is 315 g/mol. The number of hydrogen-bond donors (Lipinski definition) is 2. The third-order valence-electron chi connectivity index (χ3n) is 2.79. The number of nitrogens with zero attached hydrogens (tertiary/aromatic N) is 1. The molecule has 0 spiro atoms. The summed E-state index contributed by atoms with van der Waals surface area (Å²) < 4.78 is 0. The van der Waals surface area contributed by atoms with Crippen LogP contribution >= 0.6 is 34.8 Å². The van der Waals surface area contributed by atoms with Gasteiger partial charge in [-0.15, -0.1) is 0 Å². The second-order valence-corrected chi connectivity index (χ2v) is 5.30. The number of hydrazine groups is 1. The van der Waals surface area contributed by atoms with Crippen molar-refractivity contribution in [3.05, 3.63) is 62.9 Å². The van der Waals surface area contributed by atoms with Gasteiger partial charge in [0.25, 0.3) is 0 Å². The number of aromatic nitrogens is 1. The van der Waals surface area contributed by atoms with E-state index in [-0.39, 0.29) is 6.04 Å². The Balaban J connectivity index is 2.24. The van der Waals surface area contributed by atoms with Crippen molar-refractivity contribution in [2.75, 3.05) is 0 Å². The van der Waals surface area contributed by atoms with Crippen molar-refractivity contribution in [3.63, 3.8) is 0 Å². The van der Waals surface area contributed by atoms with Crippen molar-refractivity contribution in [2.45, 2.75) is 12.5 Å². The molecule has 2 rings (SSSR count). The summed E-state index contributed by atoms with van der Waals surface area (Å²) in [5, 5.41) is 1.66. The maximum atomic E-state index is 6.16. The lowest BCUT2D eigenvalue weighted by atomic mass is 10.0. The smallest absolute Gasteiger partial charge is 0.129 e. The van der Waals surface area contributed by atoms with Crippen LogP contribution in [0.5, 0.6) is 0 Å². The van der Waals surface area contributed by atoms with Crippen LogP contribution in [0.25, 0.3) is 0 Å². The van der Waals surface area contributed by atoms with Crippen LogP contribution in [0, 0.1) is 0 Å². The van der Waals surface area contributed by atoms with Gasteiger partial charge in [-0.3, -0.25) is 11.3 Å². The summed E-state index contributed by atoms with van der Waals surface area (Å²) in [5.41, 5.74) is 4.67. The molecule has 3 nitrogen and oxygen atoms in total. The van der Waals surface area contributed by atoms with Crippen molar-refractivity contribution in [2.24, 2.45) is 5.84 Å². The van der Waals surface area contributed by atoms with E-state index in [0.29, 0.717) is 21.6 Å². The van der Waals surface area contributed by atoms with Gasteiger partial charge in [-0.25, -0.2) is 4.98 Å². The summed E-state index contributed by atoms with van der Waals surface area (Å²) >= 11 is 17.9. The Labute approximate surface area is 126 Å². The average molecular weight is 317 g/mol. The molecule has 0 bridgehead atoms. The van der Waals surface area contributed by atoms with Crippen molar-refractivity contribution < 1.29 is 0 Å². The van der Waals surface area contributed by atoms with Crippen LogP contribution in [0.15, 0.2) is 36.5 Å². The van der Waals surface area contributed by atoms with E-state index >= 15 is 0 Å². The van der Waals surface area contributed by atoms with Gasteiger partial charge in [-0.05, 0) is 41.8 Å². The van der Waals surface area contributed by atoms with E-state index in [9.17, 15) is 0 Å². The summed E-state index contributed by atoms with van der Waals surface area (Å²) in [6.07, 6.45) is 2.28.